The Morgan fingerprint density at radius 2 is 2.11 bits per heavy atom. The molecule has 1 N–H and O–H groups in total. The van der Waals surface area contributed by atoms with E-state index >= 15 is 0 Å². The van der Waals surface area contributed by atoms with E-state index in [1.807, 2.05) is 7.05 Å². The highest BCUT2D eigenvalue weighted by Gasteiger charge is 2.17. The lowest BCUT2D eigenvalue weighted by atomic mass is 10.1. The molecule has 0 radical (unpaired) electrons. The third-order valence-corrected chi connectivity index (χ3v) is 3.60. The molecule has 1 aliphatic heterocycles. The highest BCUT2D eigenvalue weighted by molar-refractivity contribution is 5.18. The van der Waals surface area contributed by atoms with Gasteiger partial charge in [-0.1, -0.05) is 6.07 Å². The van der Waals surface area contributed by atoms with E-state index in [0.29, 0.717) is 18.2 Å². The second-order valence-electron chi connectivity index (χ2n) is 4.99. The van der Waals surface area contributed by atoms with Crippen LogP contribution in [0.1, 0.15) is 24.8 Å². The molecular weight excluding hydrogens is 234 g/mol. The summed E-state index contributed by atoms with van der Waals surface area (Å²) >= 11 is 0. The van der Waals surface area contributed by atoms with E-state index in [-0.39, 0.29) is 0 Å². The Morgan fingerprint density at radius 1 is 1.28 bits per heavy atom. The molecule has 1 fully saturated rings. The lowest BCUT2D eigenvalue weighted by Gasteiger charge is -2.27. The fraction of sp³-hybridized carbons (Fsp3) is 0.571. The SMILES string of the molecule is CN(Cc1ccc(F)cc1F)C1CCCNCC1. The number of rotatable bonds is 3. The molecule has 1 aliphatic rings. The van der Waals surface area contributed by atoms with Crippen molar-refractivity contribution in [3.8, 4) is 0 Å². The van der Waals surface area contributed by atoms with Gasteiger partial charge in [-0.05, 0) is 45.5 Å². The summed E-state index contributed by atoms with van der Waals surface area (Å²) in [5.74, 6) is -0.967. The van der Waals surface area contributed by atoms with Gasteiger partial charge in [-0.15, -0.1) is 0 Å². The third kappa shape index (κ3) is 3.50. The van der Waals surface area contributed by atoms with E-state index in [1.54, 1.807) is 0 Å². The van der Waals surface area contributed by atoms with E-state index in [9.17, 15) is 8.78 Å². The number of hydrogen-bond donors (Lipinski definition) is 1. The maximum atomic E-state index is 13.6. The first-order valence-electron chi connectivity index (χ1n) is 6.51. The van der Waals surface area contributed by atoms with Gasteiger partial charge in [0.05, 0.1) is 0 Å². The van der Waals surface area contributed by atoms with Gasteiger partial charge >= 0.3 is 0 Å². The molecule has 0 spiro atoms. The van der Waals surface area contributed by atoms with Crippen LogP contribution in [0.5, 0.6) is 0 Å². The van der Waals surface area contributed by atoms with Crippen LogP contribution in [0, 0.1) is 11.6 Å². The molecule has 0 bridgehead atoms. The van der Waals surface area contributed by atoms with Gasteiger partial charge in [0.2, 0.25) is 0 Å². The minimum absolute atomic E-state index is 0.450. The van der Waals surface area contributed by atoms with Crippen LogP contribution in [-0.2, 0) is 6.54 Å². The molecule has 0 aliphatic carbocycles. The number of benzene rings is 1. The van der Waals surface area contributed by atoms with Crippen molar-refractivity contribution in [1.82, 2.24) is 10.2 Å². The highest BCUT2D eigenvalue weighted by atomic mass is 19.1. The number of hydrogen-bond acceptors (Lipinski definition) is 2. The monoisotopic (exact) mass is 254 g/mol. The van der Waals surface area contributed by atoms with Gasteiger partial charge in [-0.3, -0.25) is 4.90 Å². The summed E-state index contributed by atoms with van der Waals surface area (Å²) in [5.41, 5.74) is 0.566. The van der Waals surface area contributed by atoms with Crippen LogP contribution in [0.25, 0.3) is 0 Å². The van der Waals surface area contributed by atoms with E-state index in [2.05, 4.69) is 10.2 Å². The van der Waals surface area contributed by atoms with Crippen molar-refractivity contribution in [3.63, 3.8) is 0 Å². The van der Waals surface area contributed by atoms with Gasteiger partial charge < -0.3 is 5.32 Å². The summed E-state index contributed by atoms with van der Waals surface area (Å²) < 4.78 is 26.4. The molecule has 1 heterocycles. The second-order valence-corrected chi connectivity index (χ2v) is 4.99. The fourth-order valence-corrected chi connectivity index (χ4v) is 2.49. The zero-order valence-electron chi connectivity index (χ0n) is 10.8. The lowest BCUT2D eigenvalue weighted by Crippen LogP contribution is -2.32. The first-order valence-corrected chi connectivity index (χ1v) is 6.51. The van der Waals surface area contributed by atoms with Crippen molar-refractivity contribution in [2.45, 2.75) is 31.8 Å². The van der Waals surface area contributed by atoms with Gasteiger partial charge in [0.15, 0.2) is 0 Å². The summed E-state index contributed by atoms with van der Waals surface area (Å²) in [4.78, 5) is 2.17. The first kappa shape index (κ1) is 13.4. The molecule has 0 amide bonds. The van der Waals surface area contributed by atoms with Crippen molar-refractivity contribution in [1.29, 1.82) is 0 Å². The Bertz CT molecular complexity index is 387. The minimum Gasteiger partial charge on any atom is -0.317 e. The molecule has 1 aromatic rings. The molecule has 2 nitrogen and oxygen atoms in total. The van der Waals surface area contributed by atoms with Crippen LogP contribution < -0.4 is 5.32 Å². The summed E-state index contributed by atoms with van der Waals surface area (Å²) in [6, 6.07) is 4.29. The molecule has 0 saturated carbocycles. The lowest BCUT2D eigenvalue weighted by molar-refractivity contribution is 0.214. The van der Waals surface area contributed by atoms with Crippen LogP contribution in [-0.4, -0.2) is 31.1 Å². The zero-order valence-corrected chi connectivity index (χ0v) is 10.8. The number of nitrogens with zero attached hydrogens (tertiary/aromatic N) is 1. The highest BCUT2D eigenvalue weighted by Crippen LogP contribution is 2.17. The topological polar surface area (TPSA) is 15.3 Å². The number of halogens is 2. The average molecular weight is 254 g/mol. The predicted molar refractivity (Wildman–Crippen MR) is 68.3 cm³/mol. The minimum atomic E-state index is -0.516. The third-order valence-electron chi connectivity index (χ3n) is 3.60. The summed E-state index contributed by atoms with van der Waals surface area (Å²) in [7, 11) is 2.01. The predicted octanol–water partition coefficient (Wildman–Crippen LogP) is 2.54. The van der Waals surface area contributed by atoms with Crippen LogP contribution in [0.2, 0.25) is 0 Å². The van der Waals surface area contributed by atoms with Crippen LogP contribution in [0.4, 0.5) is 8.78 Å². The Hall–Kier alpha value is -1.00. The van der Waals surface area contributed by atoms with Gasteiger partial charge in [0.25, 0.3) is 0 Å². The van der Waals surface area contributed by atoms with Gasteiger partial charge in [0, 0.05) is 24.2 Å². The molecule has 1 aromatic carbocycles. The maximum Gasteiger partial charge on any atom is 0.130 e. The molecule has 100 valence electrons. The second kappa shape index (κ2) is 6.25. The van der Waals surface area contributed by atoms with E-state index in [0.717, 1.165) is 38.4 Å². The van der Waals surface area contributed by atoms with Gasteiger partial charge in [-0.2, -0.15) is 0 Å². The molecule has 1 unspecified atom stereocenters. The van der Waals surface area contributed by atoms with E-state index in [1.165, 1.54) is 12.1 Å². The Labute approximate surface area is 107 Å². The van der Waals surface area contributed by atoms with Crippen LogP contribution >= 0.6 is 0 Å². The van der Waals surface area contributed by atoms with Gasteiger partial charge in [0.1, 0.15) is 11.6 Å². The zero-order chi connectivity index (χ0) is 13.0. The largest absolute Gasteiger partial charge is 0.317 e. The molecule has 2 rings (SSSR count). The Balaban J connectivity index is 1.98. The van der Waals surface area contributed by atoms with Crippen LogP contribution in [0.3, 0.4) is 0 Å². The van der Waals surface area contributed by atoms with Crippen molar-refractivity contribution in [2.75, 3.05) is 20.1 Å². The van der Waals surface area contributed by atoms with E-state index in [4.69, 9.17) is 0 Å². The first-order chi connectivity index (χ1) is 8.66. The van der Waals surface area contributed by atoms with Crippen molar-refractivity contribution in [3.05, 3.63) is 35.4 Å². The Kier molecular flexibility index (Phi) is 4.66. The fourth-order valence-electron chi connectivity index (χ4n) is 2.49. The normalized spacial score (nSPS) is 21.0. The van der Waals surface area contributed by atoms with Gasteiger partial charge in [-0.25, -0.2) is 8.78 Å². The van der Waals surface area contributed by atoms with Crippen molar-refractivity contribution >= 4 is 0 Å². The molecule has 18 heavy (non-hydrogen) atoms. The van der Waals surface area contributed by atoms with Crippen molar-refractivity contribution < 1.29 is 8.78 Å². The quantitative estimate of drug-likeness (QED) is 0.891. The van der Waals surface area contributed by atoms with Crippen molar-refractivity contribution in [2.24, 2.45) is 0 Å². The molecular formula is C14H20F2N2. The summed E-state index contributed by atoms with van der Waals surface area (Å²) in [5, 5.41) is 3.36. The average Bonchev–Trinajstić information content (AvgIpc) is 2.61. The van der Waals surface area contributed by atoms with Crippen LogP contribution in [0.15, 0.2) is 18.2 Å². The molecule has 4 heteroatoms. The number of nitrogens with one attached hydrogen (secondary N) is 1. The van der Waals surface area contributed by atoms with E-state index < -0.39 is 11.6 Å². The smallest absolute Gasteiger partial charge is 0.130 e. The Morgan fingerprint density at radius 3 is 2.89 bits per heavy atom. The standard InChI is InChI=1S/C14H20F2N2/c1-18(13-3-2-7-17-8-6-13)10-11-4-5-12(15)9-14(11)16/h4-5,9,13,17H,2-3,6-8,10H2,1H3. The molecule has 1 saturated heterocycles. The summed E-state index contributed by atoms with van der Waals surface area (Å²) in [6.07, 6.45) is 3.37. The maximum absolute atomic E-state index is 13.6. The molecule has 1 atom stereocenters. The summed E-state index contributed by atoms with van der Waals surface area (Å²) in [6.45, 7) is 2.62. The molecule has 0 aromatic heterocycles.